The van der Waals surface area contributed by atoms with Gasteiger partial charge in [-0.2, -0.15) is 0 Å². The third-order valence-corrected chi connectivity index (χ3v) is 6.28. The highest BCUT2D eigenvalue weighted by molar-refractivity contribution is 6.48. The van der Waals surface area contributed by atoms with Gasteiger partial charge in [-0.25, -0.2) is 14.4 Å². The van der Waals surface area contributed by atoms with Crippen LogP contribution in [-0.2, 0) is 4.79 Å². The van der Waals surface area contributed by atoms with E-state index in [0.29, 0.717) is 17.8 Å². The molecule has 176 valence electrons. The van der Waals surface area contributed by atoms with Crippen LogP contribution in [0.4, 0.5) is 15.9 Å². The average Bonchev–Trinajstić information content (AvgIpc) is 3.71. The molecule has 2 aliphatic rings. The fourth-order valence-corrected chi connectivity index (χ4v) is 4.15. The summed E-state index contributed by atoms with van der Waals surface area (Å²) < 4.78 is 13.5. The molecule has 1 saturated carbocycles. The fourth-order valence-electron chi connectivity index (χ4n) is 4.15. The number of halogens is 1. The van der Waals surface area contributed by atoms with Crippen molar-refractivity contribution in [3.05, 3.63) is 66.5 Å². The van der Waals surface area contributed by atoms with Gasteiger partial charge in [0.05, 0.1) is 21.4 Å². The zero-order valence-electron chi connectivity index (χ0n) is 19.9. The maximum absolute atomic E-state index is 13.5. The number of carbonyl (C=O) groups excluding carboxylic acids is 1. The largest absolute Gasteiger partial charge is 0.340 e. The second-order valence-corrected chi connectivity index (χ2v) is 9.37. The second kappa shape index (κ2) is 11.1. The molecule has 9 heteroatoms. The van der Waals surface area contributed by atoms with Gasteiger partial charge in [-0.1, -0.05) is 18.9 Å². The Morgan fingerprint density at radius 3 is 2.60 bits per heavy atom. The van der Waals surface area contributed by atoms with E-state index in [9.17, 15) is 9.18 Å². The predicted octanol–water partition coefficient (Wildman–Crippen LogP) is 4.28. The predicted molar refractivity (Wildman–Crippen MR) is 137 cm³/mol. The van der Waals surface area contributed by atoms with Crippen LogP contribution in [0.3, 0.4) is 0 Å². The van der Waals surface area contributed by atoms with E-state index in [-0.39, 0.29) is 17.7 Å². The highest BCUT2D eigenvalue weighted by Gasteiger charge is 2.36. The van der Waals surface area contributed by atoms with E-state index in [1.165, 1.54) is 12.1 Å². The molecule has 1 aliphatic carbocycles. The van der Waals surface area contributed by atoms with Crippen LogP contribution in [0.2, 0.25) is 5.21 Å². The summed E-state index contributed by atoms with van der Waals surface area (Å²) in [5.41, 5.74) is 2.42. The van der Waals surface area contributed by atoms with E-state index in [1.54, 1.807) is 18.5 Å². The molecule has 35 heavy (non-hydrogen) atoms. The van der Waals surface area contributed by atoms with Crippen molar-refractivity contribution in [2.45, 2.75) is 36.8 Å². The number of anilines is 2. The van der Waals surface area contributed by atoms with E-state index >= 15 is 0 Å². The number of likely N-dealkylation sites (tertiary alicyclic amines) is 1. The van der Waals surface area contributed by atoms with E-state index in [2.05, 4.69) is 22.2 Å². The van der Waals surface area contributed by atoms with E-state index in [1.807, 2.05) is 24.3 Å². The number of likely N-dealkylation sites (N-methyl/N-ethyl adjacent to an activating group) is 1. The van der Waals surface area contributed by atoms with Gasteiger partial charge in [-0.05, 0) is 67.9 Å². The summed E-state index contributed by atoms with van der Waals surface area (Å²) in [6.45, 7) is 2.04. The maximum Gasteiger partial charge on any atom is 0.135 e. The van der Waals surface area contributed by atoms with Gasteiger partial charge in [-0.15, -0.1) is 0 Å². The number of hydrogen-bond acceptors (Lipinski definition) is 6. The number of carbonyl (C=O) groups is 1. The minimum atomic E-state index is -1.03. The first kappa shape index (κ1) is 25.0. The second-order valence-electron chi connectivity index (χ2n) is 9.37. The van der Waals surface area contributed by atoms with Crippen LogP contribution >= 0.6 is 0 Å². The topological polar surface area (TPSA) is 71.0 Å². The lowest BCUT2D eigenvalue weighted by Gasteiger charge is -2.29. The van der Waals surface area contributed by atoms with E-state index in [0.717, 1.165) is 55.9 Å². The molecule has 1 aromatic carbocycles. The Morgan fingerprint density at radius 2 is 1.97 bits per heavy atom. The normalized spacial score (nSPS) is 18.3. The van der Waals surface area contributed by atoms with Crippen molar-refractivity contribution in [2.24, 2.45) is 5.92 Å². The van der Waals surface area contributed by atoms with Gasteiger partial charge >= 0.3 is 0 Å². The van der Waals surface area contributed by atoms with Gasteiger partial charge in [0.15, 0.2) is 0 Å². The number of rotatable bonds is 6. The summed E-state index contributed by atoms with van der Waals surface area (Å²) in [5, 5.41) is 2.19. The van der Waals surface area contributed by atoms with Crippen LogP contribution in [0, 0.1) is 11.7 Å². The standard InChI is InChI=1S/C21H22FN5.C5H6B2O/c1-27-10-4-6-16(14-27)21-25-19(15-5-3-9-23-13-15)12-20(26-21)24-18-8-2-7-17(22)11-18;6-5(7,3-8)4-1-2-4/h2-3,5,7-9,11-13,16H,4,6,10,14H2,1H3,(H,24,25,26);3-4H,1-2H2. The molecule has 1 atom stereocenters. The average molecular weight is 467 g/mol. The minimum absolute atomic E-state index is 0.250. The van der Waals surface area contributed by atoms with Crippen molar-refractivity contribution >= 4 is 33.5 Å². The Balaban J connectivity index is 0.000000308. The van der Waals surface area contributed by atoms with Crippen LogP contribution in [0.1, 0.15) is 37.4 Å². The molecule has 3 heterocycles. The Morgan fingerprint density at radius 1 is 1.14 bits per heavy atom. The van der Waals surface area contributed by atoms with Crippen molar-refractivity contribution in [1.29, 1.82) is 0 Å². The van der Waals surface area contributed by atoms with Crippen molar-refractivity contribution < 1.29 is 9.18 Å². The first-order chi connectivity index (χ1) is 16.8. The Labute approximate surface area is 208 Å². The van der Waals surface area contributed by atoms with Gasteiger partial charge in [-0.3, -0.25) is 4.98 Å². The van der Waals surface area contributed by atoms with Gasteiger partial charge in [0.25, 0.3) is 0 Å². The number of aldehydes is 1. The molecule has 1 saturated heterocycles. The van der Waals surface area contributed by atoms with Gasteiger partial charge in [0, 0.05) is 42.2 Å². The molecule has 5 rings (SSSR count). The van der Waals surface area contributed by atoms with Gasteiger partial charge in [0.1, 0.15) is 23.7 Å². The third-order valence-electron chi connectivity index (χ3n) is 6.28. The van der Waals surface area contributed by atoms with E-state index in [4.69, 9.17) is 25.7 Å². The lowest BCUT2D eigenvalue weighted by Crippen LogP contribution is -2.31. The number of piperidine rings is 1. The summed E-state index contributed by atoms with van der Waals surface area (Å²) in [6.07, 6.45) is 8.38. The minimum Gasteiger partial charge on any atom is -0.340 e. The van der Waals surface area contributed by atoms with Crippen LogP contribution in [0.5, 0.6) is 0 Å². The maximum atomic E-state index is 13.5. The van der Waals surface area contributed by atoms with Crippen LogP contribution in [0.15, 0.2) is 54.9 Å². The quantitative estimate of drug-likeness (QED) is 0.431. The molecule has 0 bridgehead atoms. The molecular weight excluding hydrogens is 439 g/mol. The molecule has 6 nitrogen and oxygen atoms in total. The Kier molecular flexibility index (Phi) is 7.96. The van der Waals surface area contributed by atoms with Crippen molar-refractivity contribution in [1.82, 2.24) is 19.9 Å². The number of nitrogens with one attached hydrogen (secondary N) is 1. The molecule has 0 spiro atoms. The SMILES string of the molecule is CN1CCCC(c2nc(Nc3cccc(F)c3)cc(-c3cccnc3)n2)C1.[B]C([B])(C=O)C1CC1. The Hall–Kier alpha value is -3.06. The number of benzene rings is 1. The molecule has 1 aliphatic heterocycles. The molecule has 2 aromatic heterocycles. The van der Waals surface area contributed by atoms with Gasteiger partial charge < -0.3 is 15.0 Å². The molecule has 4 radical (unpaired) electrons. The summed E-state index contributed by atoms with van der Waals surface area (Å²) in [6, 6.07) is 12.2. The zero-order chi connectivity index (χ0) is 24.8. The monoisotopic (exact) mass is 467 g/mol. The summed E-state index contributed by atoms with van der Waals surface area (Å²) >= 11 is 0. The number of aromatic nitrogens is 3. The lowest BCUT2D eigenvalue weighted by atomic mass is 9.52. The molecule has 1 unspecified atom stereocenters. The van der Waals surface area contributed by atoms with E-state index < -0.39 is 5.21 Å². The van der Waals surface area contributed by atoms with Gasteiger partial charge in [0.2, 0.25) is 0 Å². The third kappa shape index (κ3) is 6.98. The Bertz CT molecular complexity index is 1140. The van der Waals surface area contributed by atoms with Crippen molar-refractivity contribution in [2.75, 3.05) is 25.5 Å². The molecular formula is C26H28B2FN5O. The van der Waals surface area contributed by atoms with Crippen LogP contribution < -0.4 is 5.32 Å². The first-order valence-electron chi connectivity index (χ1n) is 11.9. The summed E-state index contributed by atoms with van der Waals surface area (Å²) in [7, 11) is 12.8. The summed E-state index contributed by atoms with van der Waals surface area (Å²) in [5.74, 6) is 1.74. The fraction of sp³-hybridized carbons (Fsp3) is 0.385. The molecule has 1 N–H and O–H groups in total. The molecule has 3 aromatic rings. The van der Waals surface area contributed by atoms with Crippen molar-refractivity contribution in [3.63, 3.8) is 0 Å². The van der Waals surface area contributed by atoms with Crippen LogP contribution in [-0.4, -0.2) is 62.0 Å². The lowest BCUT2D eigenvalue weighted by molar-refractivity contribution is -0.109. The number of hydrogen-bond donors (Lipinski definition) is 1. The highest BCUT2D eigenvalue weighted by atomic mass is 19.1. The van der Waals surface area contributed by atoms with Crippen LogP contribution in [0.25, 0.3) is 11.3 Å². The number of nitrogens with zero attached hydrogens (tertiary/aromatic N) is 4. The van der Waals surface area contributed by atoms with Crippen molar-refractivity contribution in [3.8, 4) is 11.3 Å². The number of pyridine rings is 1. The smallest absolute Gasteiger partial charge is 0.135 e. The molecule has 2 fully saturated rings. The highest BCUT2D eigenvalue weighted by Crippen LogP contribution is 2.44. The zero-order valence-corrected chi connectivity index (χ0v) is 19.9. The summed E-state index contributed by atoms with van der Waals surface area (Å²) in [4.78, 5) is 26.2. The molecule has 0 amide bonds. The first-order valence-corrected chi connectivity index (χ1v) is 11.9.